The van der Waals surface area contributed by atoms with E-state index < -0.39 is 33.8 Å². The SMILES string of the molecule is COc1cccc(C(=O)N(CC2CCCO2)C2CC(=O)N(c3ccc(S(N)(=O)=O)cc3)C2=O)c1. The number of carbonyl (C=O) groups is 3. The topological polar surface area (TPSA) is 136 Å². The molecule has 2 unspecified atom stereocenters. The fourth-order valence-corrected chi connectivity index (χ4v) is 4.71. The summed E-state index contributed by atoms with van der Waals surface area (Å²) in [5.74, 6) is -0.975. The van der Waals surface area contributed by atoms with Crippen molar-refractivity contribution in [3.63, 3.8) is 0 Å². The molecule has 2 aliphatic rings. The Morgan fingerprint density at radius 2 is 1.94 bits per heavy atom. The summed E-state index contributed by atoms with van der Waals surface area (Å²) >= 11 is 0. The molecule has 2 aromatic carbocycles. The number of nitrogens with two attached hydrogens (primary N) is 1. The first kappa shape index (κ1) is 23.9. The summed E-state index contributed by atoms with van der Waals surface area (Å²) in [6, 6.07) is 10.7. The molecule has 2 aromatic rings. The number of benzene rings is 2. The maximum absolute atomic E-state index is 13.5. The van der Waals surface area contributed by atoms with Gasteiger partial charge in [0.05, 0.1) is 30.2 Å². The zero-order valence-corrected chi connectivity index (χ0v) is 19.4. The van der Waals surface area contributed by atoms with Gasteiger partial charge in [0.15, 0.2) is 0 Å². The average Bonchev–Trinajstić information content (AvgIpc) is 3.44. The van der Waals surface area contributed by atoms with Gasteiger partial charge in [-0.3, -0.25) is 14.4 Å². The lowest BCUT2D eigenvalue weighted by atomic mass is 10.1. The third-order valence-corrected chi connectivity index (χ3v) is 6.85. The first-order valence-corrected chi connectivity index (χ1v) is 12.3. The van der Waals surface area contributed by atoms with Crippen LogP contribution in [0.4, 0.5) is 5.69 Å². The molecule has 0 saturated carbocycles. The largest absolute Gasteiger partial charge is 0.497 e. The van der Waals surface area contributed by atoms with Crippen LogP contribution in [0, 0.1) is 0 Å². The first-order valence-electron chi connectivity index (χ1n) is 10.8. The van der Waals surface area contributed by atoms with Crippen molar-refractivity contribution in [2.75, 3.05) is 25.2 Å². The summed E-state index contributed by atoms with van der Waals surface area (Å²) in [5, 5.41) is 5.12. The Hall–Kier alpha value is -3.28. The maximum atomic E-state index is 13.5. The molecular formula is C23H25N3O7S. The number of methoxy groups -OCH3 is 1. The van der Waals surface area contributed by atoms with Crippen LogP contribution in [-0.2, 0) is 24.3 Å². The normalized spacial score (nSPS) is 20.6. The third-order valence-electron chi connectivity index (χ3n) is 5.92. The Labute approximate surface area is 197 Å². The molecule has 0 aromatic heterocycles. The van der Waals surface area contributed by atoms with E-state index >= 15 is 0 Å². The molecule has 0 bridgehead atoms. The number of carbonyl (C=O) groups excluding carboxylic acids is 3. The molecule has 10 nitrogen and oxygen atoms in total. The summed E-state index contributed by atoms with van der Waals surface area (Å²) in [4.78, 5) is 41.9. The number of amides is 3. The van der Waals surface area contributed by atoms with Crippen molar-refractivity contribution in [1.82, 2.24) is 4.90 Å². The van der Waals surface area contributed by atoms with Crippen molar-refractivity contribution in [2.24, 2.45) is 5.14 Å². The molecule has 2 heterocycles. The maximum Gasteiger partial charge on any atom is 0.257 e. The number of rotatable bonds is 7. The predicted octanol–water partition coefficient (Wildman–Crippen LogP) is 1.30. The summed E-state index contributed by atoms with van der Waals surface area (Å²) in [6.07, 6.45) is 1.17. The van der Waals surface area contributed by atoms with E-state index in [-0.39, 0.29) is 29.7 Å². The molecule has 2 N–H and O–H groups in total. The molecule has 2 fully saturated rings. The molecule has 3 amide bonds. The van der Waals surface area contributed by atoms with Gasteiger partial charge < -0.3 is 14.4 Å². The lowest BCUT2D eigenvalue weighted by molar-refractivity contribution is -0.122. The van der Waals surface area contributed by atoms with Crippen LogP contribution in [0.3, 0.4) is 0 Å². The van der Waals surface area contributed by atoms with Crippen molar-refractivity contribution in [1.29, 1.82) is 0 Å². The van der Waals surface area contributed by atoms with Gasteiger partial charge in [0.25, 0.3) is 11.8 Å². The molecule has 2 saturated heterocycles. The molecule has 34 heavy (non-hydrogen) atoms. The van der Waals surface area contributed by atoms with Crippen molar-refractivity contribution in [2.45, 2.75) is 36.3 Å². The summed E-state index contributed by atoms with van der Waals surface area (Å²) in [6.45, 7) is 0.740. The molecular weight excluding hydrogens is 462 g/mol. The Kier molecular flexibility index (Phi) is 6.69. The van der Waals surface area contributed by atoms with Crippen molar-refractivity contribution >= 4 is 33.4 Å². The van der Waals surface area contributed by atoms with E-state index in [9.17, 15) is 22.8 Å². The van der Waals surface area contributed by atoms with Crippen LogP contribution in [0.1, 0.15) is 29.6 Å². The molecule has 0 spiro atoms. The van der Waals surface area contributed by atoms with Crippen LogP contribution in [-0.4, -0.2) is 63.4 Å². The molecule has 0 radical (unpaired) electrons. The number of sulfonamides is 1. The Balaban J connectivity index is 1.64. The molecule has 11 heteroatoms. The van der Waals surface area contributed by atoms with Crippen LogP contribution in [0.15, 0.2) is 53.4 Å². The van der Waals surface area contributed by atoms with Crippen LogP contribution in [0.5, 0.6) is 5.75 Å². The Bertz CT molecular complexity index is 1210. The number of ether oxygens (including phenoxy) is 2. The van der Waals surface area contributed by atoms with Gasteiger partial charge in [0, 0.05) is 18.7 Å². The summed E-state index contributed by atoms with van der Waals surface area (Å²) in [7, 11) is -2.43. The number of imide groups is 1. The van der Waals surface area contributed by atoms with E-state index in [4.69, 9.17) is 14.6 Å². The van der Waals surface area contributed by atoms with Gasteiger partial charge >= 0.3 is 0 Å². The number of nitrogens with zero attached hydrogens (tertiary/aromatic N) is 2. The number of hydrogen-bond donors (Lipinski definition) is 1. The van der Waals surface area contributed by atoms with Gasteiger partial charge in [0.1, 0.15) is 11.8 Å². The highest BCUT2D eigenvalue weighted by Gasteiger charge is 2.45. The minimum Gasteiger partial charge on any atom is -0.497 e. The van der Waals surface area contributed by atoms with Gasteiger partial charge in [-0.2, -0.15) is 0 Å². The van der Waals surface area contributed by atoms with E-state index in [1.54, 1.807) is 24.3 Å². The summed E-state index contributed by atoms with van der Waals surface area (Å²) < 4.78 is 34.0. The first-order chi connectivity index (χ1) is 16.2. The standard InChI is InChI=1S/C23H25N3O7S/c1-32-17-5-2-4-15(12-17)22(28)25(14-18-6-3-11-33-18)20-13-21(27)26(23(20)29)16-7-9-19(10-8-16)34(24,30)31/h2,4-5,7-10,12,18,20H,3,6,11,13-14H2,1H3,(H2,24,30,31). The Morgan fingerprint density at radius 1 is 1.21 bits per heavy atom. The van der Waals surface area contributed by atoms with Crippen molar-refractivity contribution in [3.8, 4) is 5.75 Å². The number of primary sulfonamides is 1. The second kappa shape index (κ2) is 9.53. The van der Waals surface area contributed by atoms with Gasteiger partial charge in [-0.25, -0.2) is 18.5 Å². The highest BCUT2D eigenvalue weighted by atomic mass is 32.2. The summed E-state index contributed by atoms with van der Waals surface area (Å²) in [5.41, 5.74) is 0.532. The fourth-order valence-electron chi connectivity index (χ4n) is 4.20. The van der Waals surface area contributed by atoms with E-state index in [0.717, 1.165) is 17.7 Å². The van der Waals surface area contributed by atoms with Gasteiger partial charge in [-0.1, -0.05) is 6.07 Å². The molecule has 0 aliphatic carbocycles. The highest BCUT2D eigenvalue weighted by molar-refractivity contribution is 7.89. The van der Waals surface area contributed by atoms with Crippen LogP contribution in [0.2, 0.25) is 0 Å². The van der Waals surface area contributed by atoms with E-state index in [1.807, 2.05) is 0 Å². The third kappa shape index (κ3) is 4.81. The molecule has 2 atom stereocenters. The second-order valence-electron chi connectivity index (χ2n) is 8.15. The van der Waals surface area contributed by atoms with Gasteiger partial charge in [-0.05, 0) is 55.3 Å². The minimum atomic E-state index is -3.92. The predicted molar refractivity (Wildman–Crippen MR) is 122 cm³/mol. The van der Waals surface area contributed by atoms with E-state index in [2.05, 4.69) is 0 Å². The lowest BCUT2D eigenvalue weighted by Gasteiger charge is -2.30. The quantitative estimate of drug-likeness (QED) is 0.581. The average molecular weight is 488 g/mol. The van der Waals surface area contributed by atoms with Crippen molar-refractivity contribution in [3.05, 3.63) is 54.1 Å². The lowest BCUT2D eigenvalue weighted by Crippen LogP contribution is -2.48. The van der Waals surface area contributed by atoms with Crippen LogP contribution in [0.25, 0.3) is 0 Å². The number of hydrogen-bond acceptors (Lipinski definition) is 7. The zero-order chi connectivity index (χ0) is 24.5. The zero-order valence-electron chi connectivity index (χ0n) is 18.5. The number of anilines is 1. The van der Waals surface area contributed by atoms with E-state index in [1.165, 1.54) is 36.3 Å². The monoisotopic (exact) mass is 487 g/mol. The van der Waals surface area contributed by atoms with Gasteiger partial charge in [0.2, 0.25) is 15.9 Å². The fraction of sp³-hybridized carbons (Fsp3) is 0.348. The van der Waals surface area contributed by atoms with Gasteiger partial charge in [-0.15, -0.1) is 0 Å². The molecule has 180 valence electrons. The second-order valence-corrected chi connectivity index (χ2v) is 9.71. The van der Waals surface area contributed by atoms with E-state index in [0.29, 0.717) is 17.9 Å². The smallest absolute Gasteiger partial charge is 0.257 e. The molecule has 4 rings (SSSR count). The Morgan fingerprint density at radius 3 is 2.56 bits per heavy atom. The highest BCUT2D eigenvalue weighted by Crippen LogP contribution is 2.29. The van der Waals surface area contributed by atoms with Crippen LogP contribution < -0.4 is 14.8 Å². The minimum absolute atomic E-state index is 0.139. The van der Waals surface area contributed by atoms with Crippen LogP contribution >= 0.6 is 0 Å². The molecule has 2 aliphatic heterocycles. The van der Waals surface area contributed by atoms with Crippen molar-refractivity contribution < 1.29 is 32.3 Å².